The zero-order chi connectivity index (χ0) is 20.2. The zero-order valence-electron chi connectivity index (χ0n) is 16.7. The third-order valence-corrected chi connectivity index (χ3v) is 6.02. The Kier molecular flexibility index (Phi) is 5.72. The van der Waals surface area contributed by atoms with Crippen LogP contribution in [0.2, 0.25) is 0 Å². The molecule has 0 saturated carbocycles. The SMILES string of the molecule is Cc1ccc(CCCC(=O)Nc2ccc(-c3nc4ccc(C)cc4s3)cc2)cc1. The molecule has 1 amide bonds. The van der Waals surface area contributed by atoms with Crippen molar-refractivity contribution in [2.75, 3.05) is 5.32 Å². The van der Waals surface area contributed by atoms with Gasteiger partial charge in [-0.2, -0.15) is 0 Å². The molecule has 0 aliphatic heterocycles. The average molecular weight is 401 g/mol. The van der Waals surface area contributed by atoms with Crippen LogP contribution < -0.4 is 5.32 Å². The van der Waals surface area contributed by atoms with Gasteiger partial charge in [0.25, 0.3) is 0 Å². The molecule has 0 saturated heterocycles. The molecule has 0 radical (unpaired) electrons. The summed E-state index contributed by atoms with van der Waals surface area (Å²) in [5, 5.41) is 4.00. The van der Waals surface area contributed by atoms with E-state index in [0.29, 0.717) is 6.42 Å². The number of hydrogen-bond donors (Lipinski definition) is 1. The summed E-state index contributed by atoms with van der Waals surface area (Å²) in [6.07, 6.45) is 2.29. The van der Waals surface area contributed by atoms with E-state index in [1.54, 1.807) is 11.3 Å². The highest BCUT2D eigenvalue weighted by molar-refractivity contribution is 7.21. The van der Waals surface area contributed by atoms with Crippen molar-refractivity contribution in [3.63, 3.8) is 0 Å². The molecular weight excluding hydrogens is 376 g/mol. The van der Waals surface area contributed by atoms with Gasteiger partial charge in [-0.15, -0.1) is 11.3 Å². The maximum Gasteiger partial charge on any atom is 0.224 e. The number of fused-ring (bicyclic) bond motifs is 1. The van der Waals surface area contributed by atoms with Gasteiger partial charge >= 0.3 is 0 Å². The van der Waals surface area contributed by atoms with E-state index in [0.717, 1.165) is 34.6 Å². The van der Waals surface area contributed by atoms with E-state index in [2.05, 4.69) is 61.6 Å². The van der Waals surface area contributed by atoms with E-state index < -0.39 is 0 Å². The number of aryl methyl sites for hydroxylation is 3. The van der Waals surface area contributed by atoms with Gasteiger partial charge in [0.1, 0.15) is 5.01 Å². The molecule has 0 bridgehead atoms. The summed E-state index contributed by atoms with van der Waals surface area (Å²) < 4.78 is 1.20. The molecule has 3 nitrogen and oxygen atoms in total. The lowest BCUT2D eigenvalue weighted by Crippen LogP contribution is -2.11. The van der Waals surface area contributed by atoms with Crippen molar-refractivity contribution in [3.8, 4) is 10.6 Å². The number of rotatable bonds is 6. The lowest BCUT2D eigenvalue weighted by atomic mass is 10.1. The van der Waals surface area contributed by atoms with Gasteiger partial charge in [-0.05, 0) is 74.2 Å². The Morgan fingerprint density at radius 2 is 1.66 bits per heavy atom. The van der Waals surface area contributed by atoms with E-state index >= 15 is 0 Å². The Hall–Kier alpha value is -2.98. The monoisotopic (exact) mass is 400 g/mol. The van der Waals surface area contributed by atoms with Gasteiger partial charge in [0.2, 0.25) is 5.91 Å². The standard InChI is InChI=1S/C25H24N2OS/c1-17-6-9-19(10-7-17)4-3-5-24(28)26-21-13-11-20(12-14-21)25-27-22-15-8-18(2)16-23(22)29-25/h6-16H,3-5H2,1-2H3,(H,26,28). The molecule has 1 N–H and O–H groups in total. The topological polar surface area (TPSA) is 42.0 Å². The van der Waals surface area contributed by atoms with Crippen molar-refractivity contribution in [3.05, 3.63) is 83.4 Å². The molecule has 3 aromatic carbocycles. The van der Waals surface area contributed by atoms with Crippen LogP contribution in [0, 0.1) is 13.8 Å². The molecular formula is C25H24N2OS. The fourth-order valence-electron chi connectivity index (χ4n) is 3.28. The highest BCUT2D eigenvalue weighted by atomic mass is 32.1. The van der Waals surface area contributed by atoms with Gasteiger partial charge in [0.15, 0.2) is 0 Å². The molecule has 4 heteroatoms. The van der Waals surface area contributed by atoms with E-state index in [1.165, 1.54) is 21.4 Å². The van der Waals surface area contributed by atoms with E-state index in [1.807, 2.05) is 24.3 Å². The first-order chi connectivity index (χ1) is 14.1. The Morgan fingerprint density at radius 1 is 0.931 bits per heavy atom. The first-order valence-electron chi connectivity index (χ1n) is 9.90. The van der Waals surface area contributed by atoms with Gasteiger partial charge in [0.05, 0.1) is 10.2 Å². The van der Waals surface area contributed by atoms with Gasteiger partial charge < -0.3 is 5.32 Å². The number of thiazole rings is 1. The third kappa shape index (κ3) is 4.90. The molecule has 4 rings (SSSR count). The maximum atomic E-state index is 12.2. The summed E-state index contributed by atoms with van der Waals surface area (Å²) in [6, 6.07) is 22.8. The molecule has 29 heavy (non-hydrogen) atoms. The van der Waals surface area contributed by atoms with Crippen LogP contribution in [-0.4, -0.2) is 10.9 Å². The highest BCUT2D eigenvalue weighted by Crippen LogP contribution is 2.31. The summed E-state index contributed by atoms with van der Waals surface area (Å²) in [4.78, 5) is 17.0. The normalized spacial score (nSPS) is 11.0. The summed E-state index contributed by atoms with van der Waals surface area (Å²) in [6.45, 7) is 4.18. The molecule has 1 heterocycles. The van der Waals surface area contributed by atoms with Crippen LogP contribution in [0.15, 0.2) is 66.7 Å². The minimum Gasteiger partial charge on any atom is -0.326 e. The molecule has 0 atom stereocenters. The fourth-order valence-corrected chi connectivity index (χ4v) is 4.35. The van der Waals surface area contributed by atoms with Crippen LogP contribution in [-0.2, 0) is 11.2 Å². The smallest absolute Gasteiger partial charge is 0.224 e. The van der Waals surface area contributed by atoms with E-state index in [9.17, 15) is 4.79 Å². The maximum absolute atomic E-state index is 12.2. The quantitative estimate of drug-likeness (QED) is 0.399. The summed E-state index contributed by atoms with van der Waals surface area (Å²) in [5.74, 6) is 0.0559. The van der Waals surface area contributed by atoms with Gasteiger partial charge in [-0.3, -0.25) is 4.79 Å². The molecule has 0 spiro atoms. The second-order valence-corrected chi connectivity index (χ2v) is 8.49. The summed E-state index contributed by atoms with van der Waals surface area (Å²) in [5.41, 5.74) is 6.71. The van der Waals surface area contributed by atoms with Gasteiger partial charge in [-0.1, -0.05) is 35.9 Å². The van der Waals surface area contributed by atoms with Crippen molar-refractivity contribution < 1.29 is 4.79 Å². The number of benzene rings is 3. The van der Waals surface area contributed by atoms with Crippen LogP contribution in [0.5, 0.6) is 0 Å². The van der Waals surface area contributed by atoms with Crippen LogP contribution in [0.1, 0.15) is 29.5 Å². The molecule has 4 aromatic rings. The number of carbonyl (C=O) groups is 1. The van der Waals surface area contributed by atoms with Crippen LogP contribution in [0.4, 0.5) is 5.69 Å². The minimum atomic E-state index is 0.0559. The molecule has 0 fully saturated rings. The predicted molar refractivity (Wildman–Crippen MR) is 123 cm³/mol. The highest BCUT2D eigenvalue weighted by Gasteiger charge is 2.08. The van der Waals surface area contributed by atoms with Crippen molar-refractivity contribution >= 4 is 33.1 Å². The zero-order valence-corrected chi connectivity index (χ0v) is 17.6. The van der Waals surface area contributed by atoms with E-state index in [4.69, 9.17) is 4.98 Å². The van der Waals surface area contributed by atoms with Crippen molar-refractivity contribution in [2.45, 2.75) is 33.1 Å². The second-order valence-electron chi connectivity index (χ2n) is 7.45. The van der Waals surface area contributed by atoms with Crippen molar-refractivity contribution in [1.82, 2.24) is 4.98 Å². The minimum absolute atomic E-state index is 0.0559. The Morgan fingerprint density at radius 3 is 2.41 bits per heavy atom. The summed E-state index contributed by atoms with van der Waals surface area (Å²) >= 11 is 1.70. The number of nitrogens with one attached hydrogen (secondary N) is 1. The second kappa shape index (κ2) is 8.58. The van der Waals surface area contributed by atoms with Crippen molar-refractivity contribution in [2.24, 2.45) is 0 Å². The number of hydrogen-bond acceptors (Lipinski definition) is 3. The van der Waals surface area contributed by atoms with Crippen molar-refractivity contribution in [1.29, 1.82) is 0 Å². The molecule has 0 aliphatic carbocycles. The Labute approximate surface area is 175 Å². The van der Waals surface area contributed by atoms with Gasteiger partial charge in [0, 0.05) is 17.7 Å². The fraction of sp³-hybridized carbons (Fsp3) is 0.200. The Balaban J connectivity index is 1.33. The lowest BCUT2D eigenvalue weighted by molar-refractivity contribution is -0.116. The largest absolute Gasteiger partial charge is 0.326 e. The number of aromatic nitrogens is 1. The molecule has 0 unspecified atom stereocenters. The number of anilines is 1. The lowest BCUT2D eigenvalue weighted by Gasteiger charge is -2.06. The van der Waals surface area contributed by atoms with Crippen LogP contribution in [0.3, 0.4) is 0 Å². The third-order valence-electron chi connectivity index (χ3n) is 4.95. The first-order valence-corrected chi connectivity index (χ1v) is 10.7. The summed E-state index contributed by atoms with van der Waals surface area (Å²) in [7, 11) is 0. The number of carbonyl (C=O) groups excluding carboxylic acids is 1. The average Bonchev–Trinajstić information content (AvgIpc) is 3.13. The van der Waals surface area contributed by atoms with E-state index in [-0.39, 0.29) is 5.91 Å². The van der Waals surface area contributed by atoms with Crippen LogP contribution >= 0.6 is 11.3 Å². The van der Waals surface area contributed by atoms with Gasteiger partial charge in [-0.25, -0.2) is 4.98 Å². The predicted octanol–water partition coefficient (Wildman–Crippen LogP) is 6.54. The number of nitrogens with zero attached hydrogens (tertiary/aromatic N) is 1. The molecule has 0 aliphatic rings. The molecule has 146 valence electrons. The molecule has 1 aromatic heterocycles. The Bertz CT molecular complexity index is 1130. The van der Waals surface area contributed by atoms with Crippen LogP contribution in [0.25, 0.3) is 20.8 Å². The first kappa shape index (κ1) is 19.3. The number of amides is 1.